The van der Waals surface area contributed by atoms with Crippen LogP contribution in [-0.2, 0) is 9.59 Å². The Hall–Kier alpha value is -4.34. The van der Waals surface area contributed by atoms with Gasteiger partial charge in [-0.25, -0.2) is 0 Å². The number of methoxy groups -OCH3 is 1. The summed E-state index contributed by atoms with van der Waals surface area (Å²) < 4.78 is 47.5. The van der Waals surface area contributed by atoms with Crippen molar-refractivity contribution in [1.82, 2.24) is 4.98 Å². The Morgan fingerprint density at radius 2 is 1.83 bits per heavy atom. The second-order valence-electron chi connectivity index (χ2n) is 7.65. The topological polar surface area (TPSA) is 89.0 Å². The maximum absolute atomic E-state index is 13.1. The lowest BCUT2D eigenvalue weighted by Gasteiger charge is -2.25. The van der Waals surface area contributed by atoms with Gasteiger partial charge in [0.1, 0.15) is 23.3 Å². The Labute approximate surface area is 198 Å². The molecule has 180 valence electrons. The fourth-order valence-corrected chi connectivity index (χ4v) is 3.93. The van der Waals surface area contributed by atoms with E-state index in [2.05, 4.69) is 9.72 Å². The molecule has 2 heterocycles. The van der Waals surface area contributed by atoms with Gasteiger partial charge in [0.2, 0.25) is 0 Å². The molecule has 1 saturated heterocycles. The van der Waals surface area contributed by atoms with E-state index in [1.165, 1.54) is 31.5 Å². The van der Waals surface area contributed by atoms with Crippen molar-refractivity contribution in [3.8, 4) is 11.5 Å². The summed E-state index contributed by atoms with van der Waals surface area (Å²) in [4.78, 5) is 31.5. The van der Waals surface area contributed by atoms with Crippen LogP contribution in [0.2, 0.25) is 0 Å². The minimum Gasteiger partial charge on any atom is -0.507 e. The van der Waals surface area contributed by atoms with Crippen LogP contribution in [-0.4, -0.2) is 35.3 Å². The van der Waals surface area contributed by atoms with Crippen LogP contribution in [0.3, 0.4) is 0 Å². The number of anilines is 1. The van der Waals surface area contributed by atoms with Gasteiger partial charge in [-0.15, -0.1) is 13.2 Å². The molecule has 1 N–H and O–H groups in total. The van der Waals surface area contributed by atoms with E-state index in [4.69, 9.17) is 4.74 Å². The SMILES string of the molecule is COc1ccc(/C(O)=C2\C(=O)C(=O)N(c3cccc(OC(F)(F)F)c3)C2c2ccccn2)cc1C. The van der Waals surface area contributed by atoms with E-state index in [0.717, 1.165) is 17.0 Å². The lowest BCUT2D eigenvalue weighted by atomic mass is 9.97. The highest BCUT2D eigenvalue weighted by Gasteiger charge is 2.47. The number of halogens is 3. The molecule has 2 aromatic carbocycles. The third-order valence-corrected chi connectivity index (χ3v) is 5.41. The summed E-state index contributed by atoms with van der Waals surface area (Å²) in [6.07, 6.45) is -3.50. The zero-order valence-electron chi connectivity index (χ0n) is 18.5. The minimum absolute atomic E-state index is 0.0329. The predicted molar refractivity (Wildman–Crippen MR) is 120 cm³/mol. The van der Waals surface area contributed by atoms with Crippen molar-refractivity contribution < 1.29 is 37.3 Å². The lowest BCUT2D eigenvalue weighted by Crippen LogP contribution is -2.30. The number of benzene rings is 2. The van der Waals surface area contributed by atoms with Crippen LogP contribution in [0.5, 0.6) is 11.5 Å². The average molecular weight is 484 g/mol. The molecule has 1 fully saturated rings. The van der Waals surface area contributed by atoms with Crippen LogP contribution in [0.15, 0.2) is 72.4 Å². The van der Waals surface area contributed by atoms with Crippen molar-refractivity contribution in [3.63, 3.8) is 0 Å². The van der Waals surface area contributed by atoms with Gasteiger partial charge in [-0.1, -0.05) is 12.1 Å². The number of aliphatic hydroxyl groups is 1. The van der Waals surface area contributed by atoms with Gasteiger partial charge >= 0.3 is 6.36 Å². The summed E-state index contributed by atoms with van der Waals surface area (Å²) in [5.74, 6) is -2.49. The van der Waals surface area contributed by atoms with E-state index < -0.39 is 35.6 Å². The molecule has 1 unspecified atom stereocenters. The normalized spacial score (nSPS) is 17.5. The molecule has 1 aliphatic heterocycles. The van der Waals surface area contributed by atoms with Crippen LogP contribution in [0, 0.1) is 6.92 Å². The van der Waals surface area contributed by atoms with Crippen LogP contribution in [0.1, 0.15) is 22.9 Å². The maximum Gasteiger partial charge on any atom is 0.573 e. The van der Waals surface area contributed by atoms with Gasteiger partial charge in [0, 0.05) is 23.5 Å². The molecule has 3 aromatic rings. The molecule has 4 rings (SSSR count). The molecule has 1 aliphatic rings. The molecule has 35 heavy (non-hydrogen) atoms. The number of carbonyl (C=O) groups excluding carboxylic acids is 2. The quantitative estimate of drug-likeness (QED) is 0.314. The van der Waals surface area contributed by atoms with Crippen LogP contribution < -0.4 is 14.4 Å². The number of aromatic nitrogens is 1. The fourth-order valence-electron chi connectivity index (χ4n) is 3.93. The number of hydrogen-bond donors (Lipinski definition) is 1. The maximum atomic E-state index is 13.1. The number of ketones is 1. The Balaban J connectivity index is 1.89. The summed E-state index contributed by atoms with van der Waals surface area (Å²) in [6.45, 7) is 1.75. The number of rotatable bonds is 5. The average Bonchev–Trinajstić information content (AvgIpc) is 3.08. The van der Waals surface area contributed by atoms with Gasteiger partial charge in [-0.05, 0) is 55.0 Å². The Kier molecular flexibility index (Phi) is 6.21. The van der Waals surface area contributed by atoms with Gasteiger partial charge in [-0.3, -0.25) is 19.5 Å². The van der Waals surface area contributed by atoms with Crippen molar-refractivity contribution in [3.05, 3.63) is 89.3 Å². The molecule has 1 amide bonds. The summed E-state index contributed by atoms with van der Waals surface area (Å²) >= 11 is 0. The summed E-state index contributed by atoms with van der Waals surface area (Å²) in [5.41, 5.74) is 0.893. The van der Waals surface area contributed by atoms with Gasteiger partial charge in [0.15, 0.2) is 0 Å². The molecule has 0 spiro atoms. The van der Waals surface area contributed by atoms with Crippen molar-refractivity contribution in [1.29, 1.82) is 0 Å². The Morgan fingerprint density at radius 1 is 1.06 bits per heavy atom. The summed E-state index contributed by atoms with van der Waals surface area (Å²) in [5, 5.41) is 11.1. The highest BCUT2D eigenvalue weighted by Crippen LogP contribution is 2.42. The predicted octanol–water partition coefficient (Wildman–Crippen LogP) is 4.92. The number of Topliss-reactive ketones (excluding diaryl/α,β-unsaturated/α-hetero) is 1. The number of nitrogens with zero attached hydrogens (tertiary/aromatic N) is 2. The number of ether oxygens (including phenoxy) is 2. The third kappa shape index (κ3) is 4.68. The molecule has 0 bridgehead atoms. The molecule has 0 radical (unpaired) electrons. The van der Waals surface area contributed by atoms with Crippen LogP contribution in [0.4, 0.5) is 18.9 Å². The van der Waals surface area contributed by atoms with Crippen molar-refractivity contribution >= 4 is 23.1 Å². The van der Waals surface area contributed by atoms with Gasteiger partial charge < -0.3 is 14.6 Å². The number of pyridine rings is 1. The third-order valence-electron chi connectivity index (χ3n) is 5.41. The number of amides is 1. The lowest BCUT2D eigenvalue weighted by molar-refractivity contribution is -0.274. The minimum atomic E-state index is -4.95. The number of alkyl halides is 3. The van der Waals surface area contributed by atoms with E-state index in [1.807, 2.05) is 0 Å². The highest BCUT2D eigenvalue weighted by molar-refractivity contribution is 6.51. The summed E-state index contributed by atoms with van der Waals surface area (Å²) in [6, 6.07) is 13.0. The van der Waals surface area contributed by atoms with Gasteiger partial charge in [0.05, 0.1) is 18.4 Å². The highest BCUT2D eigenvalue weighted by atomic mass is 19.4. The van der Waals surface area contributed by atoms with E-state index in [9.17, 15) is 27.9 Å². The zero-order chi connectivity index (χ0) is 25.3. The molecule has 0 saturated carbocycles. The first-order chi connectivity index (χ1) is 16.6. The summed E-state index contributed by atoms with van der Waals surface area (Å²) in [7, 11) is 1.49. The van der Waals surface area contributed by atoms with Crippen molar-refractivity contribution in [2.45, 2.75) is 19.3 Å². The first-order valence-corrected chi connectivity index (χ1v) is 10.3. The van der Waals surface area contributed by atoms with E-state index in [-0.39, 0.29) is 22.5 Å². The molecule has 1 atom stereocenters. The van der Waals surface area contributed by atoms with Crippen LogP contribution >= 0.6 is 0 Å². The second-order valence-corrected chi connectivity index (χ2v) is 7.65. The Bertz CT molecular complexity index is 1320. The molecule has 0 aliphatic carbocycles. The molecule has 1 aromatic heterocycles. The van der Waals surface area contributed by atoms with Crippen molar-refractivity contribution in [2.75, 3.05) is 12.0 Å². The standard InChI is InChI=1S/C25H19F3N2O5/c1-14-12-15(9-10-19(14)34-2)22(31)20-21(18-8-3-4-11-29-18)30(24(33)23(20)32)16-6-5-7-17(13-16)35-25(26,27)28/h3-13,21,31H,1-2H3/b22-20+. The van der Waals surface area contributed by atoms with E-state index in [0.29, 0.717) is 11.3 Å². The molecular formula is C25H19F3N2O5. The second kappa shape index (κ2) is 9.13. The molecule has 10 heteroatoms. The molecular weight excluding hydrogens is 465 g/mol. The van der Waals surface area contributed by atoms with Crippen molar-refractivity contribution in [2.24, 2.45) is 0 Å². The smallest absolute Gasteiger partial charge is 0.507 e. The monoisotopic (exact) mass is 484 g/mol. The number of carbonyl (C=O) groups is 2. The largest absolute Gasteiger partial charge is 0.573 e. The van der Waals surface area contributed by atoms with Gasteiger partial charge in [0.25, 0.3) is 11.7 Å². The Morgan fingerprint density at radius 3 is 2.46 bits per heavy atom. The number of aliphatic hydroxyl groups excluding tert-OH is 1. The number of aryl methyl sites for hydroxylation is 1. The fraction of sp³-hybridized carbons (Fsp3) is 0.160. The van der Waals surface area contributed by atoms with E-state index >= 15 is 0 Å². The van der Waals surface area contributed by atoms with Crippen LogP contribution in [0.25, 0.3) is 5.76 Å². The molecule has 7 nitrogen and oxygen atoms in total. The zero-order valence-corrected chi connectivity index (χ0v) is 18.5. The number of hydrogen-bond acceptors (Lipinski definition) is 6. The van der Waals surface area contributed by atoms with E-state index in [1.54, 1.807) is 37.3 Å². The first kappa shape index (κ1) is 23.8. The first-order valence-electron chi connectivity index (χ1n) is 10.3. The van der Waals surface area contributed by atoms with Gasteiger partial charge in [-0.2, -0.15) is 0 Å².